The van der Waals surface area contributed by atoms with Gasteiger partial charge in [-0.15, -0.1) is 0 Å². The number of amides is 2. The lowest BCUT2D eigenvalue weighted by atomic mass is 10.2. The molecule has 18 heavy (non-hydrogen) atoms. The minimum Gasteiger partial charge on any atom is -0.345 e. The second-order valence-corrected chi connectivity index (χ2v) is 4.58. The van der Waals surface area contributed by atoms with Crippen LogP contribution in [0.3, 0.4) is 0 Å². The van der Waals surface area contributed by atoms with Crippen LogP contribution in [0.5, 0.6) is 0 Å². The maximum atomic E-state index is 11.7. The summed E-state index contributed by atoms with van der Waals surface area (Å²) in [5, 5.41) is 5.26. The number of carbonyl (C=O) groups is 2. The minimum atomic E-state index is -0.649. The maximum Gasteiger partial charge on any atom is 0.314 e. The molecule has 0 unspecified atom stereocenters. The van der Waals surface area contributed by atoms with Gasteiger partial charge in [0.05, 0.1) is 0 Å². The lowest BCUT2D eigenvalue weighted by molar-refractivity contribution is -0.136. The first-order chi connectivity index (χ1) is 8.66. The molecule has 0 radical (unpaired) electrons. The molecule has 0 aromatic carbocycles. The van der Waals surface area contributed by atoms with Gasteiger partial charge < -0.3 is 10.6 Å². The summed E-state index contributed by atoms with van der Waals surface area (Å²) in [6.45, 7) is 1.83. The quantitative estimate of drug-likeness (QED) is 0.776. The molecule has 0 atom stereocenters. The molecule has 2 rings (SSSR count). The van der Waals surface area contributed by atoms with Gasteiger partial charge >= 0.3 is 11.8 Å². The highest BCUT2D eigenvalue weighted by molar-refractivity contribution is 6.39. The van der Waals surface area contributed by atoms with Crippen molar-refractivity contribution < 1.29 is 9.59 Å². The zero-order valence-electron chi connectivity index (χ0n) is 10.4. The number of aromatic nitrogens is 1. The molecule has 96 valence electrons. The van der Waals surface area contributed by atoms with Crippen molar-refractivity contribution in [3.05, 3.63) is 23.9 Å². The molecule has 1 aromatic heterocycles. The van der Waals surface area contributed by atoms with E-state index in [1.54, 1.807) is 12.3 Å². The average molecular weight is 247 g/mol. The van der Waals surface area contributed by atoms with Gasteiger partial charge in [0, 0.05) is 12.2 Å². The van der Waals surface area contributed by atoms with Crippen LogP contribution < -0.4 is 10.6 Å². The van der Waals surface area contributed by atoms with E-state index < -0.39 is 11.8 Å². The van der Waals surface area contributed by atoms with Crippen molar-refractivity contribution in [2.24, 2.45) is 0 Å². The van der Waals surface area contributed by atoms with Crippen molar-refractivity contribution in [3.8, 4) is 0 Å². The Hall–Kier alpha value is -1.91. The molecule has 5 nitrogen and oxygen atoms in total. The monoisotopic (exact) mass is 247 g/mol. The number of carbonyl (C=O) groups excluding carboxylic acids is 2. The predicted octanol–water partition coefficient (Wildman–Crippen LogP) is 1.39. The molecule has 1 saturated carbocycles. The molecule has 0 bridgehead atoms. The second kappa shape index (κ2) is 5.62. The van der Waals surface area contributed by atoms with Crippen LogP contribution in [0.1, 0.15) is 31.2 Å². The highest BCUT2D eigenvalue weighted by atomic mass is 16.2. The van der Waals surface area contributed by atoms with E-state index in [2.05, 4.69) is 15.6 Å². The van der Waals surface area contributed by atoms with Gasteiger partial charge in [-0.25, -0.2) is 4.98 Å². The standard InChI is InChI=1S/C13H17N3O2/c1-9-5-4-8-14-11(9)16-13(18)12(17)15-10-6-2-3-7-10/h4-5,8,10H,2-3,6-7H2,1H3,(H,15,17)(H,14,16,18). The number of pyridine rings is 1. The summed E-state index contributed by atoms with van der Waals surface area (Å²) in [4.78, 5) is 27.4. The lowest BCUT2D eigenvalue weighted by Gasteiger charge is -2.11. The average Bonchev–Trinajstić information content (AvgIpc) is 2.84. The fourth-order valence-electron chi connectivity index (χ4n) is 2.10. The molecule has 5 heteroatoms. The molecule has 1 heterocycles. The summed E-state index contributed by atoms with van der Waals surface area (Å²) in [6, 6.07) is 3.76. The zero-order valence-corrected chi connectivity index (χ0v) is 10.4. The Morgan fingerprint density at radius 1 is 1.28 bits per heavy atom. The van der Waals surface area contributed by atoms with Gasteiger partial charge in [-0.1, -0.05) is 18.9 Å². The Morgan fingerprint density at radius 3 is 2.67 bits per heavy atom. The van der Waals surface area contributed by atoms with E-state index in [9.17, 15) is 9.59 Å². The van der Waals surface area contributed by atoms with Crippen molar-refractivity contribution in [1.82, 2.24) is 10.3 Å². The maximum absolute atomic E-state index is 11.7. The fourth-order valence-corrected chi connectivity index (χ4v) is 2.10. The van der Waals surface area contributed by atoms with E-state index in [-0.39, 0.29) is 6.04 Å². The van der Waals surface area contributed by atoms with E-state index in [4.69, 9.17) is 0 Å². The third-order valence-electron chi connectivity index (χ3n) is 3.14. The highest BCUT2D eigenvalue weighted by Gasteiger charge is 2.21. The first-order valence-electron chi connectivity index (χ1n) is 6.20. The van der Waals surface area contributed by atoms with Crippen molar-refractivity contribution in [2.75, 3.05) is 5.32 Å². The summed E-state index contributed by atoms with van der Waals surface area (Å²) in [6.07, 6.45) is 5.73. The SMILES string of the molecule is Cc1cccnc1NC(=O)C(=O)NC1CCCC1. The highest BCUT2D eigenvalue weighted by Crippen LogP contribution is 2.17. The summed E-state index contributed by atoms with van der Waals surface area (Å²) in [7, 11) is 0. The van der Waals surface area contributed by atoms with Crippen molar-refractivity contribution in [1.29, 1.82) is 0 Å². The Balaban J connectivity index is 1.91. The summed E-state index contributed by atoms with van der Waals surface area (Å²) in [5.41, 5.74) is 0.833. The first-order valence-corrected chi connectivity index (χ1v) is 6.20. The largest absolute Gasteiger partial charge is 0.345 e. The Morgan fingerprint density at radius 2 is 2.00 bits per heavy atom. The normalized spacial score (nSPS) is 15.4. The Bertz CT molecular complexity index is 453. The molecule has 1 aliphatic rings. The smallest absolute Gasteiger partial charge is 0.314 e. The third kappa shape index (κ3) is 3.06. The van der Waals surface area contributed by atoms with Crippen molar-refractivity contribution in [3.63, 3.8) is 0 Å². The molecule has 1 fully saturated rings. The van der Waals surface area contributed by atoms with Crippen LogP contribution >= 0.6 is 0 Å². The summed E-state index contributed by atoms with van der Waals surface area (Å²) in [5.74, 6) is -0.792. The fraction of sp³-hybridized carbons (Fsp3) is 0.462. The van der Waals surface area contributed by atoms with E-state index in [1.165, 1.54) is 0 Å². The number of rotatable bonds is 2. The topological polar surface area (TPSA) is 71.1 Å². The summed E-state index contributed by atoms with van der Waals surface area (Å²) < 4.78 is 0. The van der Waals surface area contributed by atoms with Gasteiger partial charge in [0.15, 0.2) is 0 Å². The van der Waals surface area contributed by atoms with Gasteiger partial charge in [-0.3, -0.25) is 9.59 Å². The van der Waals surface area contributed by atoms with Gasteiger partial charge in [0.25, 0.3) is 0 Å². The van der Waals surface area contributed by atoms with Gasteiger partial charge in [0.1, 0.15) is 5.82 Å². The molecule has 0 aliphatic heterocycles. The molecular formula is C13H17N3O2. The van der Waals surface area contributed by atoms with Crippen molar-refractivity contribution in [2.45, 2.75) is 38.6 Å². The van der Waals surface area contributed by atoms with Crippen LogP contribution in [0.15, 0.2) is 18.3 Å². The molecule has 2 amide bonds. The molecule has 2 N–H and O–H groups in total. The number of hydrogen-bond acceptors (Lipinski definition) is 3. The van der Waals surface area contributed by atoms with Gasteiger partial charge in [0.2, 0.25) is 0 Å². The van der Waals surface area contributed by atoms with Crippen LogP contribution in [-0.4, -0.2) is 22.8 Å². The number of nitrogens with one attached hydrogen (secondary N) is 2. The number of hydrogen-bond donors (Lipinski definition) is 2. The van der Waals surface area contributed by atoms with E-state index in [0.29, 0.717) is 5.82 Å². The van der Waals surface area contributed by atoms with Crippen LogP contribution in [0.4, 0.5) is 5.82 Å². The lowest BCUT2D eigenvalue weighted by Crippen LogP contribution is -2.40. The van der Waals surface area contributed by atoms with Crippen LogP contribution in [-0.2, 0) is 9.59 Å². The van der Waals surface area contributed by atoms with Gasteiger partial charge in [-0.2, -0.15) is 0 Å². The first kappa shape index (κ1) is 12.5. The number of anilines is 1. The Labute approximate surface area is 106 Å². The molecule has 0 spiro atoms. The summed E-state index contributed by atoms with van der Waals surface area (Å²) >= 11 is 0. The number of aryl methyl sites for hydroxylation is 1. The third-order valence-corrected chi connectivity index (χ3v) is 3.14. The minimum absolute atomic E-state index is 0.146. The van der Waals surface area contributed by atoms with Crippen molar-refractivity contribution >= 4 is 17.6 Å². The molecule has 1 aromatic rings. The van der Waals surface area contributed by atoms with E-state index in [0.717, 1.165) is 31.2 Å². The number of nitrogens with zero attached hydrogens (tertiary/aromatic N) is 1. The van der Waals surface area contributed by atoms with Gasteiger partial charge in [-0.05, 0) is 31.4 Å². The zero-order chi connectivity index (χ0) is 13.0. The predicted molar refractivity (Wildman–Crippen MR) is 68.0 cm³/mol. The molecular weight excluding hydrogens is 230 g/mol. The molecule has 0 saturated heterocycles. The Kier molecular flexibility index (Phi) is 3.92. The van der Waals surface area contributed by atoms with Crippen LogP contribution in [0.2, 0.25) is 0 Å². The second-order valence-electron chi connectivity index (χ2n) is 4.58. The van der Waals surface area contributed by atoms with Crippen LogP contribution in [0, 0.1) is 6.92 Å². The molecule has 1 aliphatic carbocycles. The van der Waals surface area contributed by atoms with Crippen LogP contribution in [0.25, 0.3) is 0 Å². The van der Waals surface area contributed by atoms with E-state index in [1.807, 2.05) is 13.0 Å². The van der Waals surface area contributed by atoms with E-state index >= 15 is 0 Å².